The molecule has 4 heterocycles. The zero-order valence-corrected chi connectivity index (χ0v) is 18.5. The molecule has 0 bridgehead atoms. The summed E-state index contributed by atoms with van der Waals surface area (Å²) in [5.41, 5.74) is 0.337. The van der Waals surface area contributed by atoms with E-state index in [9.17, 15) is 19.7 Å². The first-order valence-corrected chi connectivity index (χ1v) is 11.6. The molecule has 2 aliphatic heterocycles. The molecule has 178 valence electrons. The highest BCUT2D eigenvalue weighted by atomic mass is 31.2. The minimum absolute atomic E-state index is 0.347. The summed E-state index contributed by atoms with van der Waals surface area (Å²) in [6.45, 7) is -0.0126. The first kappa shape index (κ1) is 23.7. The summed E-state index contributed by atoms with van der Waals surface area (Å²) < 4.78 is 27.4. The Morgan fingerprint density at radius 1 is 1.33 bits per heavy atom. The van der Waals surface area contributed by atoms with Crippen molar-refractivity contribution in [1.29, 1.82) is 0 Å². The van der Waals surface area contributed by atoms with Gasteiger partial charge in [0, 0.05) is 32.9 Å². The Morgan fingerprint density at radius 3 is 2.82 bits per heavy atom. The van der Waals surface area contributed by atoms with E-state index >= 15 is 0 Å². The number of rotatable bonds is 11. The number of imidazole rings is 1. The van der Waals surface area contributed by atoms with Crippen molar-refractivity contribution in [3.05, 3.63) is 12.7 Å². The van der Waals surface area contributed by atoms with E-state index in [1.54, 1.807) is 0 Å². The normalized spacial score (nSPS) is 27.4. The van der Waals surface area contributed by atoms with Crippen molar-refractivity contribution < 1.29 is 33.5 Å². The van der Waals surface area contributed by atoms with Gasteiger partial charge in [-0.3, -0.25) is 9.13 Å². The number of hydrogen-bond donors (Lipinski definition) is 3. The fourth-order valence-electron chi connectivity index (χ4n) is 3.53. The number of nitrogens with zero attached hydrogens (tertiary/aromatic N) is 6. The molecule has 0 radical (unpaired) electrons. The van der Waals surface area contributed by atoms with Crippen LogP contribution in [0, 0.1) is 12.3 Å². The molecular weight excluding hydrogens is 457 g/mol. The third-order valence-corrected chi connectivity index (χ3v) is 6.37. The largest absolute Gasteiger partial charge is 0.756 e. The number of fused-ring (bicyclic) bond motifs is 1. The number of terminal acetylenes is 1. The van der Waals surface area contributed by atoms with E-state index in [1.807, 2.05) is 0 Å². The summed E-state index contributed by atoms with van der Waals surface area (Å²) in [7, 11) is -3.57. The third kappa shape index (κ3) is 5.04. The second kappa shape index (κ2) is 9.40. The summed E-state index contributed by atoms with van der Waals surface area (Å²) in [5.74, 6) is 3.05. The van der Waals surface area contributed by atoms with Crippen LogP contribution in [0.15, 0.2) is 22.9 Å². The highest BCUT2D eigenvalue weighted by Gasteiger charge is 2.45. The maximum Gasteiger partial charge on any atom is 0.267 e. The maximum absolute atomic E-state index is 11.4. The number of phosphoric acid groups is 1. The van der Waals surface area contributed by atoms with E-state index in [4.69, 9.17) is 11.2 Å². The van der Waals surface area contributed by atoms with Crippen molar-refractivity contribution in [2.75, 3.05) is 25.6 Å². The van der Waals surface area contributed by atoms with E-state index < -0.39 is 44.6 Å². The lowest BCUT2D eigenvalue weighted by Gasteiger charge is -2.23. The van der Waals surface area contributed by atoms with Crippen LogP contribution in [0.3, 0.4) is 0 Å². The van der Waals surface area contributed by atoms with Crippen LogP contribution in [0.1, 0.15) is 25.5 Å². The van der Waals surface area contributed by atoms with Gasteiger partial charge in [0.05, 0.1) is 12.9 Å². The highest BCUT2D eigenvalue weighted by molar-refractivity contribution is 7.45. The fourth-order valence-corrected chi connectivity index (χ4v) is 3.97. The standard InChI is InChI=1S/C18H24N7O7P/c1-3-4-5-18(23-24-18)6-7-19-15-12-16(21-9-20-15)25(10-22-12)17-14(27)13(26)11(32-17)8-31-33(28,29)30-2/h1,9-11,13-14,17,26-27H,4-8H2,2H3,(H,28,29)(H,19,20,21)/p-1/t11-,13?,14+,17-/m0/s1. The van der Waals surface area contributed by atoms with Crippen LogP contribution in [0.2, 0.25) is 0 Å². The Balaban J connectivity index is 1.44. The summed E-state index contributed by atoms with van der Waals surface area (Å²) in [6, 6.07) is 0. The number of phosphoric ester groups is 1. The van der Waals surface area contributed by atoms with Gasteiger partial charge in [-0.05, 0) is 0 Å². The number of hydrogen-bond acceptors (Lipinski definition) is 13. The van der Waals surface area contributed by atoms with Crippen molar-refractivity contribution in [1.82, 2.24) is 19.5 Å². The highest BCUT2D eigenvalue weighted by Crippen LogP contribution is 2.40. The van der Waals surface area contributed by atoms with E-state index in [2.05, 4.69) is 45.5 Å². The Morgan fingerprint density at radius 2 is 2.12 bits per heavy atom. The molecule has 3 N–H and O–H groups in total. The topological polar surface area (TPSA) is 189 Å². The van der Waals surface area contributed by atoms with Gasteiger partial charge < -0.3 is 34.2 Å². The Labute approximate surface area is 188 Å². The smallest absolute Gasteiger partial charge is 0.267 e. The first-order valence-electron chi connectivity index (χ1n) is 10.1. The molecule has 2 aliphatic rings. The molecule has 33 heavy (non-hydrogen) atoms. The number of aliphatic hydroxyl groups is 2. The van der Waals surface area contributed by atoms with Gasteiger partial charge in [-0.15, -0.1) is 12.3 Å². The SMILES string of the molecule is C#CCCC1(CCNc2ncnc3c2ncn3[C@H]2O[C@@H](COP(=O)([O-])OC)C(O)[C@H]2O)N=N1. The lowest BCUT2D eigenvalue weighted by molar-refractivity contribution is -0.226. The van der Waals surface area contributed by atoms with Crippen LogP contribution >= 0.6 is 7.82 Å². The average Bonchev–Trinajstić information content (AvgIpc) is 3.35. The van der Waals surface area contributed by atoms with Gasteiger partial charge in [0.2, 0.25) is 0 Å². The second-order valence-corrected chi connectivity index (χ2v) is 9.10. The quantitative estimate of drug-likeness (QED) is 0.289. The molecule has 2 aromatic rings. The Bertz CT molecular complexity index is 1110. The van der Waals surface area contributed by atoms with E-state index in [0.29, 0.717) is 42.8 Å². The summed E-state index contributed by atoms with van der Waals surface area (Å²) in [4.78, 5) is 24.1. The maximum atomic E-state index is 11.4. The van der Waals surface area contributed by atoms with Crippen LogP contribution < -0.4 is 10.2 Å². The number of ether oxygens (including phenoxy) is 1. The Hall–Kier alpha value is -2.50. The van der Waals surface area contributed by atoms with Gasteiger partial charge in [0.15, 0.2) is 28.9 Å². The predicted octanol–water partition coefficient (Wildman–Crippen LogP) is -0.0456. The lowest BCUT2D eigenvalue weighted by atomic mass is 10.0. The number of aliphatic hydroxyl groups excluding tert-OH is 2. The molecule has 14 nitrogen and oxygen atoms in total. The van der Waals surface area contributed by atoms with Crippen LogP contribution in [-0.4, -0.2) is 74.0 Å². The second-order valence-electron chi connectivity index (χ2n) is 7.58. The van der Waals surface area contributed by atoms with Gasteiger partial charge in [0.25, 0.3) is 7.82 Å². The molecule has 5 atom stereocenters. The van der Waals surface area contributed by atoms with Crippen LogP contribution in [0.5, 0.6) is 0 Å². The van der Waals surface area contributed by atoms with Crippen molar-refractivity contribution >= 4 is 24.8 Å². The molecule has 2 aromatic heterocycles. The Kier molecular flexibility index (Phi) is 6.73. The van der Waals surface area contributed by atoms with Crippen LogP contribution in [0.25, 0.3) is 11.2 Å². The molecule has 0 aliphatic carbocycles. The molecule has 0 amide bonds. The van der Waals surface area contributed by atoms with Crippen molar-refractivity contribution in [3.63, 3.8) is 0 Å². The zero-order valence-electron chi connectivity index (χ0n) is 17.6. The summed E-state index contributed by atoms with van der Waals surface area (Å²) in [6.07, 6.45) is 4.96. The van der Waals surface area contributed by atoms with Gasteiger partial charge in [-0.25, -0.2) is 15.0 Å². The molecule has 1 fully saturated rings. The molecule has 0 spiro atoms. The van der Waals surface area contributed by atoms with Crippen molar-refractivity contribution in [2.45, 2.75) is 49.5 Å². The van der Waals surface area contributed by atoms with Gasteiger partial charge in [-0.2, -0.15) is 10.2 Å². The number of aromatic nitrogens is 4. The number of anilines is 1. The van der Waals surface area contributed by atoms with Gasteiger partial charge >= 0.3 is 0 Å². The van der Waals surface area contributed by atoms with Crippen LogP contribution in [0.4, 0.5) is 5.82 Å². The minimum atomic E-state index is -4.52. The van der Waals surface area contributed by atoms with E-state index in [-0.39, 0.29) is 0 Å². The predicted molar refractivity (Wildman–Crippen MR) is 111 cm³/mol. The minimum Gasteiger partial charge on any atom is -0.756 e. The monoisotopic (exact) mass is 480 g/mol. The van der Waals surface area contributed by atoms with Gasteiger partial charge in [0.1, 0.15) is 24.6 Å². The third-order valence-electron chi connectivity index (χ3n) is 5.46. The molecule has 0 saturated carbocycles. The molecule has 0 aromatic carbocycles. The lowest BCUT2D eigenvalue weighted by Crippen LogP contribution is -2.34. The zero-order chi connectivity index (χ0) is 23.6. The molecule has 4 rings (SSSR count). The average molecular weight is 480 g/mol. The van der Waals surface area contributed by atoms with Crippen LogP contribution in [-0.2, 0) is 18.3 Å². The first-order chi connectivity index (χ1) is 15.8. The van der Waals surface area contributed by atoms with Crippen molar-refractivity contribution in [3.8, 4) is 12.3 Å². The fraction of sp³-hybridized carbons (Fsp3) is 0.611. The molecular formula is C18H23N7O7P-. The van der Waals surface area contributed by atoms with E-state index in [1.165, 1.54) is 17.2 Å². The summed E-state index contributed by atoms with van der Waals surface area (Å²) >= 11 is 0. The van der Waals surface area contributed by atoms with Crippen molar-refractivity contribution in [2.24, 2.45) is 10.2 Å². The van der Waals surface area contributed by atoms with Gasteiger partial charge in [-0.1, -0.05) is 0 Å². The summed E-state index contributed by atoms with van der Waals surface area (Å²) in [5, 5.41) is 32.1. The molecule has 2 unspecified atom stereocenters. The van der Waals surface area contributed by atoms with E-state index in [0.717, 1.165) is 7.11 Å². The number of nitrogens with one attached hydrogen (secondary N) is 1. The molecule has 1 saturated heterocycles. The molecule has 15 heteroatoms.